The van der Waals surface area contributed by atoms with E-state index in [2.05, 4.69) is 16.8 Å². The van der Waals surface area contributed by atoms with Gasteiger partial charge >= 0.3 is 5.97 Å². The summed E-state index contributed by atoms with van der Waals surface area (Å²) in [5.41, 5.74) is 1.18. The molecule has 2 rings (SSSR count). The van der Waals surface area contributed by atoms with Crippen LogP contribution in [0.1, 0.15) is 48.7 Å². The highest BCUT2D eigenvalue weighted by molar-refractivity contribution is 5.85. The van der Waals surface area contributed by atoms with Gasteiger partial charge in [0.15, 0.2) is 0 Å². The molecule has 2 heterocycles. The van der Waals surface area contributed by atoms with E-state index in [1.807, 2.05) is 6.07 Å². The van der Waals surface area contributed by atoms with E-state index in [9.17, 15) is 4.79 Å². The summed E-state index contributed by atoms with van der Waals surface area (Å²) >= 11 is 0. The largest absolute Gasteiger partial charge is 0.477 e. The van der Waals surface area contributed by atoms with Crippen LogP contribution < -0.4 is 0 Å². The molecule has 0 aromatic carbocycles. The minimum atomic E-state index is -0.955. The maximum absolute atomic E-state index is 10.9. The zero-order chi connectivity index (χ0) is 13.7. The first-order chi connectivity index (χ1) is 9.19. The van der Waals surface area contributed by atoms with E-state index in [-0.39, 0.29) is 5.69 Å². The molecule has 104 valence electrons. The number of likely N-dealkylation sites (tertiary alicyclic amines) is 1. The van der Waals surface area contributed by atoms with E-state index in [1.165, 1.54) is 25.7 Å². The van der Waals surface area contributed by atoms with Crippen LogP contribution in [0.3, 0.4) is 0 Å². The van der Waals surface area contributed by atoms with Gasteiger partial charge in [-0.3, -0.25) is 4.90 Å². The van der Waals surface area contributed by atoms with Gasteiger partial charge in [-0.2, -0.15) is 0 Å². The average molecular weight is 262 g/mol. The normalized spacial score (nSPS) is 17.5. The van der Waals surface area contributed by atoms with Crippen molar-refractivity contribution in [2.75, 3.05) is 13.1 Å². The van der Waals surface area contributed by atoms with Crippen molar-refractivity contribution in [3.05, 3.63) is 29.6 Å². The minimum Gasteiger partial charge on any atom is -0.477 e. The van der Waals surface area contributed by atoms with Gasteiger partial charge < -0.3 is 5.11 Å². The van der Waals surface area contributed by atoms with E-state index in [1.54, 1.807) is 12.3 Å². The third-order valence-electron chi connectivity index (χ3n) is 3.85. The molecule has 0 unspecified atom stereocenters. The Balaban J connectivity index is 1.88. The number of hydrogen-bond donors (Lipinski definition) is 1. The number of aromatic carboxylic acids is 1. The van der Waals surface area contributed by atoms with Crippen LogP contribution in [0, 0.1) is 5.92 Å². The summed E-state index contributed by atoms with van der Waals surface area (Å²) in [5, 5.41) is 8.93. The lowest BCUT2D eigenvalue weighted by Gasteiger charge is -2.31. The smallest absolute Gasteiger partial charge is 0.354 e. The van der Waals surface area contributed by atoms with Gasteiger partial charge in [0.2, 0.25) is 0 Å². The van der Waals surface area contributed by atoms with Crippen LogP contribution in [0.4, 0.5) is 0 Å². The van der Waals surface area contributed by atoms with Gasteiger partial charge in [-0.25, -0.2) is 9.78 Å². The van der Waals surface area contributed by atoms with Crippen molar-refractivity contribution in [2.24, 2.45) is 5.92 Å². The zero-order valence-electron chi connectivity index (χ0n) is 11.5. The molecule has 1 aliphatic heterocycles. The summed E-state index contributed by atoms with van der Waals surface area (Å²) < 4.78 is 0. The molecule has 1 aromatic heterocycles. The minimum absolute atomic E-state index is 0.137. The first-order valence-corrected chi connectivity index (χ1v) is 7.09. The van der Waals surface area contributed by atoms with Crippen LogP contribution in [-0.4, -0.2) is 34.0 Å². The number of carbonyl (C=O) groups is 1. The number of nitrogens with zero attached hydrogens (tertiary/aromatic N) is 2. The molecule has 0 atom stereocenters. The average Bonchev–Trinajstić information content (AvgIpc) is 2.42. The summed E-state index contributed by atoms with van der Waals surface area (Å²) in [6.45, 7) is 5.32. The van der Waals surface area contributed by atoms with Crippen LogP contribution in [0.2, 0.25) is 0 Å². The predicted molar refractivity (Wildman–Crippen MR) is 74.1 cm³/mol. The number of carboxylic acids is 1. The van der Waals surface area contributed by atoms with Crippen LogP contribution >= 0.6 is 0 Å². The Morgan fingerprint density at radius 3 is 2.84 bits per heavy atom. The van der Waals surface area contributed by atoms with Crippen molar-refractivity contribution >= 4 is 5.97 Å². The molecule has 0 spiro atoms. The molecule has 4 heteroatoms. The Labute approximate surface area is 114 Å². The van der Waals surface area contributed by atoms with Gasteiger partial charge in [-0.15, -0.1) is 0 Å². The van der Waals surface area contributed by atoms with Gasteiger partial charge in [-0.1, -0.05) is 19.8 Å². The highest BCUT2D eigenvalue weighted by Gasteiger charge is 2.18. The third-order valence-corrected chi connectivity index (χ3v) is 3.85. The first-order valence-electron chi connectivity index (χ1n) is 7.09. The molecule has 1 saturated heterocycles. The monoisotopic (exact) mass is 262 g/mol. The lowest BCUT2D eigenvalue weighted by molar-refractivity contribution is 0.0690. The fraction of sp³-hybridized carbons (Fsp3) is 0.600. The Morgan fingerprint density at radius 2 is 2.21 bits per heavy atom. The quantitative estimate of drug-likeness (QED) is 0.886. The number of hydrogen-bond acceptors (Lipinski definition) is 3. The zero-order valence-corrected chi connectivity index (χ0v) is 11.5. The predicted octanol–water partition coefficient (Wildman–Crippen LogP) is 2.79. The van der Waals surface area contributed by atoms with Gasteiger partial charge in [0.05, 0.1) is 0 Å². The fourth-order valence-corrected chi connectivity index (χ4v) is 2.79. The van der Waals surface area contributed by atoms with Crippen molar-refractivity contribution in [2.45, 2.75) is 39.2 Å². The summed E-state index contributed by atoms with van der Waals surface area (Å²) in [6, 6.07) is 3.59. The molecule has 0 aliphatic carbocycles. The van der Waals surface area contributed by atoms with E-state index in [0.717, 1.165) is 31.1 Å². The van der Waals surface area contributed by atoms with Crippen LogP contribution in [0.15, 0.2) is 18.3 Å². The molecule has 4 nitrogen and oxygen atoms in total. The Hall–Kier alpha value is -1.42. The molecule has 1 N–H and O–H groups in total. The fourth-order valence-electron chi connectivity index (χ4n) is 2.79. The van der Waals surface area contributed by atoms with Gasteiger partial charge in [0.1, 0.15) is 5.69 Å². The molecular formula is C15H22N2O2. The van der Waals surface area contributed by atoms with E-state index >= 15 is 0 Å². The second-order valence-electron chi connectivity index (χ2n) is 5.36. The molecular weight excluding hydrogens is 240 g/mol. The standard InChI is InChI=1S/C15H22N2O2/c1-2-3-12-5-8-17(9-6-12)11-13-4-7-16-14(10-13)15(18)19/h4,7,10,12H,2-3,5-6,8-9,11H2,1H3,(H,18,19). The van der Waals surface area contributed by atoms with Crippen molar-refractivity contribution < 1.29 is 9.90 Å². The molecule has 0 radical (unpaired) electrons. The maximum atomic E-state index is 10.9. The van der Waals surface area contributed by atoms with Crippen LogP contribution in [0.25, 0.3) is 0 Å². The summed E-state index contributed by atoms with van der Waals surface area (Å²) in [4.78, 5) is 17.1. The number of pyridine rings is 1. The third kappa shape index (κ3) is 4.03. The van der Waals surface area contributed by atoms with Crippen LogP contribution in [0.5, 0.6) is 0 Å². The summed E-state index contributed by atoms with van der Waals surface area (Å²) in [7, 11) is 0. The highest BCUT2D eigenvalue weighted by atomic mass is 16.4. The molecule has 0 bridgehead atoms. The molecule has 19 heavy (non-hydrogen) atoms. The topological polar surface area (TPSA) is 53.4 Å². The molecule has 1 aromatic rings. The van der Waals surface area contributed by atoms with Crippen molar-refractivity contribution in [1.82, 2.24) is 9.88 Å². The molecule has 1 fully saturated rings. The molecule has 0 amide bonds. The van der Waals surface area contributed by atoms with E-state index in [0.29, 0.717) is 0 Å². The summed E-state index contributed by atoms with van der Waals surface area (Å²) in [5.74, 6) is -0.0724. The lowest BCUT2D eigenvalue weighted by atomic mass is 9.92. The van der Waals surface area contributed by atoms with Crippen molar-refractivity contribution in [3.63, 3.8) is 0 Å². The SMILES string of the molecule is CCCC1CCN(Cc2ccnc(C(=O)O)c2)CC1. The van der Waals surface area contributed by atoms with E-state index < -0.39 is 5.97 Å². The second kappa shape index (κ2) is 6.66. The second-order valence-corrected chi connectivity index (χ2v) is 5.36. The van der Waals surface area contributed by atoms with Crippen molar-refractivity contribution in [1.29, 1.82) is 0 Å². The van der Waals surface area contributed by atoms with Gasteiger partial charge in [-0.05, 0) is 49.5 Å². The molecule has 0 saturated carbocycles. The Bertz CT molecular complexity index is 426. The van der Waals surface area contributed by atoms with Gasteiger partial charge in [0.25, 0.3) is 0 Å². The number of piperidine rings is 1. The number of carboxylic acid groups (broad SMARTS) is 1. The molecule has 1 aliphatic rings. The Kier molecular flexibility index (Phi) is 4.91. The van der Waals surface area contributed by atoms with E-state index in [4.69, 9.17) is 5.11 Å². The van der Waals surface area contributed by atoms with Crippen molar-refractivity contribution in [3.8, 4) is 0 Å². The highest BCUT2D eigenvalue weighted by Crippen LogP contribution is 2.22. The number of rotatable bonds is 5. The van der Waals surface area contributed by atoms with Gasteiger partial charge in [0, 0.05) is 12.7 Å². The first kappa shape index (κ1) is 14.0. The summed E-state index contributed by atoms with van der Waals surface area (Å²) in [6.07, 6.45) is 6.74. The Morgan fingerprint density at radius 1 is 1.47 bits per heavy atom. The van der Waals surface area contributed by atoms with Crippen LogP contribution in [-0.2, 0) is 6.54 Å². The maximum Gasteiger partial charge on any atom is 0.354 e. The lowest BCUT2D eigenvalue weighted by Crippen LogP contribution is -2.33. The number of aromatic nitrogens is 1.